The molecule has 0 aromatic heterocycles. The molecule has 0 unspecified atom stereocenters. The number of nitrogens with one attached hydrogen (secondary N) is 1. The van der Waals surface area contributed by atoms with Crippen molar-refractivity contribution in [3.05, 3.63) is 11.6 Å². The molecule has 11 heavy (non-hydrogen) atoms. The molecule has 1 N–H and O–H groups in total. The first-order valence-electron chi connectivity index (χ1n) is 3.75. The Kier molecular flexibility index (Phi) is 2.74. The van der Waals surface area contributed by atoms with Gasteiger partial charge in [0.15, 0.2) is 0 Å². The van der Waals surface area contributed by atoms with E-state index in [1.165, 1.54) is 0 Å². The fourth-order valence-corrected chi connectivity index (χ4v) is 1.12. The van der Waals surface area contributed by atoms with E-state index in [0.29, 0.717) is 6.54 Å². The molecular weight excluding hydrogens is 138 g/mol. The smallest absolute Gasteiger partial charge is 0.247 e. The number of allylic oxidation sites excluding steroid dienone is 1. The Bertz CT molecular complexity index is 222. The van der Waals surface area contributed by atoms with Gasteiger partial charge in [0, 0.05) is 5.57 Å². The quantitative estimate of drug-likeness (QED) is 0.579. The van der Waals surface area contributed by atoms with Crippen LogP contribution in [0.4, 0.5) is 0 Å². The van der Waals surface area contributed by atoms with Crippen LogP contribution in [0, 0.1) is 12.3 Å². The van der Waals surface area contributed by atoms with E-state index in [1.54, 1.807) is 0 Å². The molecule has 1 rings (SSSR count). The maximum Gasteiger partial charge on any atom is 0.247 e. The van der Waals surface area contributed by atoms with Crippen molar-refractivity contribution in [2.24, 2.45) is 0 Å². The molecule has 0 fully saturated rings. The largest absolute Gasteiger partial charge is 0.341 e. The summed E-state index contributed by atoms with van der Waals surface area (Å²) in [4.78, 5) is 11.1. The van der Waals surface area contributed by atoms with Crippen LogP contribution in [0.2, 0.25) is 0 Å². The minimum absolute atomic E-state index is 0.000417. The van der Waals surface area contributed by atoms with Crippen LogP contribution >= 0.6 is 0 Å². The average molecular weight is 149 g/mol. The number of terminal acetylenes is 1. The lowest BCUT2D eigenvalue weighted by molar-refractivity contribution is -0.117. The van der Waals surface area contributed by atoms with E-state index in [9.17, 15) is 4.79 Å². The number of rotatable bonds is 2. The zero-order chi connectivity index (χ0) is 8.10. The highest BCUT2D eigenvalue weighted by molar-refractivity contribution is 5.93. The van der Waals surface area contributed by atoms with Crippen molar-refractivity contribution in [3.8, 4) is 12.3 Å². The maximum absolute atomic E-state index is 11.1. The molecule has 0 bridgehead atoms. The van der Waals surface area contributed by atoms with Crippen molar-refractivity contribution in [1.29, 1.82) is 0 Å². The molecule has 0 heterocycles. The minimum atomic E-state index is 0.000417. The van der Waals surface area contributed by atoms with E-state index in [4.69, 9.17) is 6.42 Å². The summed E-state index contributed by atoms with van der Waals surface area (Å²) in [5.74, 6) is 2.36. The van der Waals surface area contributed by atoms with Gasteiger partial charge in [-0.2, -0.15) is 0 Å². The van der Waals surface area contributed by atoms with Crippen LogP contribution in [0.5, 0.6) is 0 Å². The van der Waals surface area contributed by atoms with Crippen molar-refractivity contribution in [3.63, 3.8) is 0 Å². The lowest BCUT2D eigenvalue weighted by Gasteiger charge is -1.99. The molecule has 58 valence electrons. The van der Waals surface area contributed by atoms with Gasteiger partial charge in [0.1, 0.15) is 0 Å². The van der Waals surface area contributed by atoms with Crippen LogP contribution in [0.3, 0.4) is 0 Å². The second-order valence-corrected chi connectivity index (χ2v) is 2.51. The molecule has 0 radical (unpaired) electrons. The standard InChI is InChI=1S/C9H11NO/c1-2-7-10-9(11)8-5-3-4-6-8/h1,5H,3-4,6-7H2,(H,10,11). The summed E-state index contributed by atoms with van der Waals surface area (Å²) in [6.07, 6.45) is 9.99. The molecule has 0 aromatic carbocycles. The molecule has 1 aliphatic carbocycles. The summed E-state index contributed by atoms with van der Waals surface area (Å²) in [6, 6.07) is 0. The van der Waals surface area contributed by atoms with Crippen molar-refractivity contribution < 1.29 is 4.79 Å². The second kappa shape index (κ2) is 3.82. The molecule has 2 heteroatoms. The Balaban J connectivity index is 2.36. The SMILES string of the molecule is C#CCNC(=O)C1=CCCC1. The van der Waals surface area contributed by atoms with Gasteiger partial charge in [-0.05, 0) is 19.3 Å². The zero-order valence-electron chi connectivity index (χ0n) is 6.39. The van der Waals surface area contributed by atoms with Crippen molar-refractivity contribution >= 4 is 5.91 Å². The normalized spacial score (nSPS) is 15.4. The Morgan fingerprint density at radius 3 is 3.18 bits per heavy atom. The number of hydrogen-bond donors (Lipinski definition) is 1. The van der Waals surface area contributed by atoms with E-state index in [2.05, 4.69) is 11.2 Å². The van der Waals surface area contributed by atoms with Gasteiger partial charge >= 0.3 is 0 Å². The van der Waals surface area contributed by atoms with E-state index in [-0.39, 0.29) is 5.91 Å². The lowest BCUT2D eigenvalue weighted by atomic mass is 10.2. The Hall–Kier alpha value is -1.23. The molecule has 0 atom stereocenters. The summed E-state index contributed by atoms with van der Waals surface area (Å²) in [5.41, 5.74) is 0.889. The highest BCUT2D eigenvalue weighted by Crippen LogP contribution is 2.16. The van der Waals surface area contributed by atoms with Crippen LogP contribution in [0.25, 0.3) is 0 Å². The summed E-state index contributed by atoms with van der Waals surface area (Å²) in [6.45, 7) is 0.330. The first kappa shape index (κ1) is 7.87. The summed E-state index contributed by atoms with van der Waals surface area (Å²) < 4.78 is 0. The first-order chi connectivity index (χ1) is 5.34. The second-order valence-electron chi connectivity index (χ2n) is 2.51. The van der Waals surface area contributed by atoms with Gasteiger partial charge in [0.25, 0.3) is 0 Å². The Labute approximate surface area is 66.7 Å². The summed E-state index contributed by atoms with van der Waals surface area (Å²) in [5, 5.41) is 2.63. The molecular formula is C9H11NO. The fourth-order valence-electron chi connectivity index (χ4n) is 1.12. The maximum atomic E-state index is 11.1. The topological polar surface area (TPSA) is 29.1 Å². The zero-order valence-corrected chi connectivity index (χ0v) is 6.39. The molecule has 0 aromatic rings. The van der Waals surface area contributed by atoms with Crippen molar-refractivity contribution in [1.82, 2.24) is 5.32 Å². The van der Waals surface area contributed by atoms with Crippen molar-refractivity contribution in [2.45, 2.75) is 19.3 Å². The van der Waals surface area contributed by atoms with Gasteiger partial charge in [-0.25, -0.2) is 0 Å². The fraction of sp³-hybridized carbons (Fsp3) is 0.444. The highest BCUT2D eigenvalue weighted by atomic mass is 16.1. The molecule has 1 aliphatic rings. The van der Waals surface area contributed by atoms with Crippen LogP contribution < -0.4 is 5.32 Å². The Morgan fingerprint density at radius 1 is 1.82 bits per heavy atom. The van der Waals surface area contributed by atoms with Crippen LogP contribution in [-0.4, -0.2) is 12.5 Å². The summed E-state index contributed by atoms with van der Waals surface area (Å²) in [7, 11) is 0. The molecule has 0 aliphatic heterocycles. The van der Waals surface area contributed by atoms with Gasteiger partial charge in [0.2, 0.25) is 5.91 Å². The number of hydrogen-bond acceptors (Lipinski definition) is 1. The molecule has 0 spiro atoms. The number of carbonyl (C=O) groups excluding carboxylic acids is 1. The van der Waals surface area contributed by atoms with Crippen molar-refractivity contribution in [2.75, 3.05) is 6.54 Å². The average Bonchev–Trinajstić information content (AvgIpc) is 2.52. The summed E-state index contributed by atoms with van der Waals surface area (Å²) >= 11 is 0. The van der Waals surface area contributed by atoms with Crippen LogP contribution in [0.15, 0.2) is 11.6 Å². The molecule has 1 amide bonds. The van der Waals surface area contributed by atoms with E-state index >= 15 is 0 Å². The predicted molar refractivity (Wildman–Crippen MR) is 43.8 cm³/mol. The van der Waals surface area contributed by atoms with Gasteiger partial charge in [-0.1, -0.05) is 12.0 Å². The van der Waals surface area contributed by atoms with Gasteiger partial charge < -0.3 is 5.32 Å². The third kappa shape index (κ3) is 2.12. The Morgan fingerprint density at radius 2 is 2.64 bits per heavy atom. The number of amides is 1. The molecule has 2 nitrogen and oxygen atoms in total. The van der Waals surface area contributed by atoms with Crippen LogP contribution in [-0.2, 0) is 4.79 Å². The molecule has 0 saturated heterocycles. The van der Waals surface area contributed by atoms with E-state index in [1.807, 2.05) is 6.08 Å². The molecule has 0 saturated carbocycles. The highest BCUT2D eigenvalue weighted by Gasteiger charge is 2.11. The third-order valence-electron chi connectivity index (χ3n) is 1.68. The monoisotopic (exact) mass is 149 g/mol. The van der Waals surface area contributed by atoms with Gasteiger partial charge in [-0.3, -0.25) is 4.79 Å². The third-order valence-corrected chi connectivity index (χ3v) is 1.68. The van der Waals surface area contributed by atoms with Crippen LogP contribution in [0.1, 0.15) is 19.3 Å². The first-order valence-corrected chi connectivity index (χ1v) is 3.75. The predicted octanol–water partition coefficient (Wildman–Crippen LogP) is 0.846. The van der Waals surface area contributed by atoms with E-state index in [0.717, 1.165) is 24.8 Å². The lowest BCUT2D eigenvalue weighted by Crippen LogP contribution is -2.24. The van der Waals surface area contributed by atoms with E-state index < -0.39 is 0 Å². The number of carbonyl (C=O) groups is 1. The minimum Gasteiger partial charge on any atom is -0.341 e. The van der Waals surface area contributed by atoms with Gasteiger partial charge in [0.05, 0.1) is 6.54 Å². The van der Waals surface area contributed by atoms with Gasteiger partial charge in [-0.15, -0.1) is 6.42 Å².